The van der Waals surface area contributed by atoms with Gasteiger partial charge in [0, 0.05) is 22.7 Å². The van der Waals surface area contributed by atoms with E-state index in [0.717, 1.165) is 54.6 Å². The van der Waals surface area contributed by atoms with Gasteiger partial charge in [-0.1, -0.05) is 79.6 Å². The first kappa shape index (κ1) is 25.4. The average molecular weight is 538 g/mol. The maximum atomic E-state index is 14.5. The van der Waals surface area contributed by atoms with E-state index in [-0.39, 0.29) is 22.6 Å². The lowest BCUT2D eigenvalue weighted by molar-refractivity contribution is -0.113. The molecular formula is C32H31N3O3S. The van der Waals surface area contributed by atoms with Crippen molar-refractivity contribution >= 4 is 23.4 Å². The Labute approximate surface area is 232 Å². The van der Waals surface area contributed by atoms with E-state index in [4.69, 9.17) is 9.72 Å². The van der Waals surface area contributed by atoms with Crippen LogP contribution in [0.4, 0.5) is 5.69 Å². The molecule has 4 aromatic rings. The average Bonchev–Trinajstić information content (AvgIpc) is 2.97. The monoisotopic (exact) mass is 537 g/mol. The summed E-state index contributed by atoms with van der Waals surface area (Å²) in [5.41, 5.74) is 5.12. The zero-order valence-corrected chi connectivity index (χ0v) is 22.8. The number of para-hydroxylation sites is 1. The molecule has 1 amide bonds. The van der Waals surface area contributed by atoms with Crippen molar-refractivity contribution in [2.45, 2.75) is 49.1 Å². The molecule has 6 rings (SSSR count). The van der Waals surface area contributed by atoms with Crippen molar-refractivity contribution in [2.24, 2.45) is 0 Å². The van der Waals surface area contributed by atoms with Gasteiger partial charge in [0.1, 0.15) is 5.75 Å². The highest BCUT2D eigenvalue weighted by Gasteiger charge is 2.43. The molecule has 1 heterocycles. The summed E-state index contributed by atoms with van der Waals surface area (Å²) in [5.74, 6) is 0.608. The van der Waals surface area contributed by atoms with Gasteiger partial charge in [-0.05, 0) is 49.1 Å². The number of aromatic nitrogens is 2. The number of benzene rings is 3. The Hall–Kier alpha value is -3.84. The highest BCUT2D eigenvalue weighted by Crippen LogP contribution is 2.49. The standard InChI is InChI=1S/C32H31N3O3S/c1-38-25-15-10-12-23(19-25)33-27(36)21-39-31-34-29-26-16-7-6-11-22(26)20-32(17-8-3-9-18-32)28(29)30(37)35(31)24-13-4-2-5-14-24/h2,4-7,10-16,19H,3,8-9,17-18,20-21H2,1H3,(H,33,36). The second-order valence-corrected chi connectivity index (χ2v) is 11.3. The zero-order valence-electron chi connectivity index (χ0n) is 22.0. The molecular weight excluding hydrogens is 506 g/mol. The SMILES string of the molecule is COc1cccc(NC(=O)CSc2nc3c(c(=O)n2-c2ccccc2)C2(CCCCC2)Cc2ccccc2-3)c1. The summed E-state index contributed by atoms with van der Waals surface area (Å²) < 4.78 is 6.98. The van der Waals surface area contributed by atoms with E-state index in [0.29, 0.717) is 16.6 Å². The molecule has 3 aromatic carbocycles. The number of nitrogens with one attached hydrogen (secondary N) is 1. The Balaban J connectivity index is 1.43. The van der Waals surface area contributed by atoms with Gasteiger partial charge in [0.05, 0.1) is 29.8 Å². The number of nitrogens with zero attached hydrogens (tertiary/aromatic N) is 2. The van der Waals surface area contributed by atoms with E-state index in [1.54, 1.807) is 17.7 Å². The van der Waals surface area contributed by atoms with Crippen LogP contribution < -0.4 is 15.6 Å². The van der Waals surface area contributed by atoms with E-state index in [9.17, 15) is 9.59 Å². The minimum atomic E-state index is -0.199. The Bertz CT molecular complexity index is 1580. The lowest BCUT2D eigenvalue weighted by Gasteiger charge is -2.42. The third-order valence-corrected chi connectivity index (χ3v) is 8.83. The van der Waals surface area contributed by atoms with Crippen LogP contribution >= 0.6 is 11.8 Å². The van der Waals surface area contributed by atoms with Gasteiger partial charge >= 0.3 is 0 Å². The first-order chi connectivity index (χ1) is 19.1. The van der Waals surface area contributed by atoms with Crippen LogP contribution in [0.15, 0.2) is 88.8 Å². The molecule has 7 heteroatoms. The van der Waals surface area contributed by atoms with Crippen molar-refractivity contribution in [2.75, 3.05) is 18.2 Å². The fraction of sp³-hybridized carbons (Fsp3) is 0.281. The molecule has 2 aliphatic carbocycles. The van der Waals surface area contributed by atoms with Crippen LogP contribution in [0.3, 0.4) is 0 Å². The van der Waals surface area contributed by atoms with Gasteiger partial charge in [-0.2, -0.15) is 0 Å². The Morgan fingerprint density at radius 1 is 1.00 bits per heavy atom. The van der Waals surface area contributed by atoms with Gasteiger partial charge in [0.15, 0.2) is 5.16 Å². The number of carbonyl (C=O) groups excluding carboxylic acids is 1. The summed E-state index contributed by atoms with van der Waals surface area (Å²) in [6.45, 7) is 0. The quantitative estimate of drug-likeness (QED) is 0.228. The Morgan fingerprint density at radius 2 is 1.77 bits per heavy atom. The molecule has 1 saturated carbocycles. The summed E-state index contributed by atoms with van der Waals surface area (Å²) in [5, 5.41) is 3.45. The highest BCUT2D eigenvalue weighted by atomic mass is 32.2. The summed E-state index contributed by atoms with van der Waals surface area (Å²) in [4.78, 5) is 32.7. The minimum Gasteiger partial charge on any atom is -0.497 e. The summed E-state index contributed by atoms with van der Waals surface area (Å²) in [7, 11) is 1.59. The Kier molecular flexibility index (Phi) is 7.00. The molecule has 0 atom stereocenters. The van der Waals surface area contributed by atoms with Gasteiger partial charge in [0.25, 0.3) is 5.56 Å². The predicted molar refractivity (Wildman–Crippen MR) is 156 cm³/mol. The van der Waals surface area contributed by atoms with Crippen LogP contribution in [0.1, 0.15) is 43.2 Å². The van der Waals surface area contributed by atoms with E-state index in [1.165, 1.54) is 23.7 Å². The largest absolute Gasteiger partial charge is 0.497 e. The molecule has 0 saturated heterocycles. The first-order valence-corrected chi connectivity index (χ1v) is 14.4. The van der Waals surface area contributed by atoms with Gasteiger partial charge in [-0.25, -0.2) is 4.98 Å². The second kappa shape index (κ2) is 10.7. The lowest BCUT2D eigenvalue weighted by atomic mass is 9.62. The number of amides is 1. The molecule has 1 spiro atoms. The van der Waals surface area contributed by atoms with E-state index < -0.39 is 0 Å². The second-order valence-electron chi connectivity index (χ2n) is 10.3. The molecule has 2 aliphatic rings. The smallest absolute Gasteiger partial charge is 0.263 e. The molecule has 1 fully saturated rings. The van der Waals surface area contributed by atoms with Crippen LogP contribution in [0.2, 0.25) is 0 Å². The molecule has 0 radical (unpaired) electrons. The highest BCUT2D eigenvalue weighted by molar-refractivity contribution is 7.99. The molecule has 6 nitrogen and oxygen atoms in total. The third kappa shape index (κ3) is 4.87. The normalized spacial score (nSPS) is 15.3. The number of rotatable bonds is 6. The van der Waals surface area contributed by atoms with Crippen LogP contribution in [0, 0.1) is 0 Å². The van der Waals surface area contributed by atoms with Crippen molar-refractivity contribution in [1.82, 2.24) is 9.55 Å². The van der Waals surface area contributed by atoms with Crippen molar-refractivity contribution in [3.63, 3.8) is 0 Å². The third-order valence-electron chi connectivity index (χ3n) is 7.90. The fourth-order valence-corrected chi connectivity index (χ4v) is 6.92. The van der Waals surface area contributed by atoms with E-state index in [1.807, 2.05) is 54.6 Å². The number of anilines is 1. The number of ether oxygens (including phenoxy) is 1. The maximum absolute atomic E-state index is 14.5. The van der Waals surface area contributed by atoms with Crippen LogP contribution in [0.25, 0.3) is 16.9 Å². The summed E-state index contributed by atoms with van der Waals surface area (Å²) >= 11 is 1.28. The van der Waals surface area contributed by atoms with Crippen molar-refractivity contribution in [3.8, 4) is 22.7 Å². The van der Waals surface area contributed by atoms with Gasteiger partial charge < -0.3 is 10.1 Å². The van der Waals surface area contributed by atoms with Gasteiger partial charge in [-0.3, -0.25) is 14.2 Å². The van der Waals surface area contributed by atoms with Gasteiger partial charge in [-0.15, -0.1) is 0 Å². The van der Waals surface area contributed by atoms with E-state index >= 15 is 0 Å². The number of thioether (sulfide) groups is 1. The number of hydrogen-bond donors (Lipinski definition) is 1. The first-order valence-electron chi connectivity index (χ1n) is 13.5. The van der Waals surface area contributed by atoms with Crippen molar-refractivity contribution < 1.29 is 9.53 Å². The molecule has 0 aliphatic heterocycles. The molecule has 0 bridgehead atoms. The fourth-order valence-electron chi connectivity index (χ4n) is 6.12. The molecule has 1 aromatic heterocycles. The number of carbonyl (C=O) groups is 1. The molecule has 0 unspecified atom stereocenters. The van der Waals surface area contributed by atoms with E-state index in [2.05, 4.69) is 23.5 Å². The number of methoxy groups -OCH3 is 1. The van der Waals surface area contributed by atoms with Gasteiger partial charge in [0.2, 0.25) is 5.91 Å². The molecule has 39 heavy (non-hydrogen) atoms. The van der Waals surface area contributed by atoms with Crippen LogP contribution in [-0.2, 0) is 16.6 Å². The maximum Gasteiger partial charge on any atom is 0.263 e. The summed E-state index contributed by atoms with van der Waals surface area (Å²) in [6, 6.07) is 25.3. The lowest BCUT2D eigenvalue weighted by Crippen LogP contribution is -2.43. The molecule has 1 N–H and O–H groups in total. The topological polar surface area (TPSA) is 73.2 Å². The Morgan fingerprint density at radius 3 is 2.56 bits per heavy atom. The number of hydrogen-bond acceptors (Lipinski definition) is 5. The summed E-state index contributed by atoms with van der Waals surface area (Å²) in [6.07, 6.45) is 6.30. The van der Waals surface area contributed by atoms with Crippen molar-refractivity contribution in [1.29, 1.82) is 0 Å². The zero-order chi connectivity index (χ0) is 26.8. The molecule has 198 valence electrons. The van der Waals surface area contributed by atoms with Crippen molar-refractivity contribution in [3.05, 3.63) is 100 Å². The van der Waals surface area contributed by atoms with Crippen LogP contribution in [0.5, 0.6) is 5.75 Å². The predicted octanol–water partition coefficient (Wildman–Crippen LogP) is 6.40. The minimum absolute atomic E-state index is 0.0155. The van der Waals surface area contributed by atoms with Crippen LogP contribution in [-0.4, -0.2) is 28.3 Å². The number of fused-ring (bicyclic) bond motifs is 4.